The lowest BCUT2D eigenvalue weighted by atomic mass is 9.99. The zero-order valence-electron chi connectivity index (χ0n) is 59.5. The number of phosphoric ester groups is 2. The van der Waals surface area contributed by atoms with Crippen LogP contribution in [0.2, 0.25) is 0 Å². The third-order valence-electron chi connectivity index (χ3n) is 17.3. The number of unbranched alkanes of at least 4 members (excludes halogenated alkanes) is 33. The van der Waals surface area contributed by atoms with Crippen LogP contribution in [-0.2, 0) is 65.4 Å². The molecule has 0 rings (SSSR count). The lowest BCUT2D eigenvalue weighted by Crippen LogP contribution is -2.30. The molecule has 0 aliphatic rings. The molecule has 91 heavy (non-hydrogen) atoms. The highest BCUT2D eigenvalue weighted by Gasteiger charge is 2.30. The number of aliphatic hydroxyl groups excluding tert-OH is 1. The van der Waals surface area contributed by atoms with Crippen molar-refractivity contribution in [2.45, 2.75) is 375 Å². The standard InChI is InChI=1S/C72H140O17P2/c1-9-64(7)50-42-34-25-21-19-17-15-13-11-12-14-16-18-20-22-26-38-46-54-71(76)88-67(58-82-69(74)52-44-36-27-23-24-32-40-48-62(3)4)60-86-90(78,79)84-56-66(73)57-85-91(80,81)87-61-68(59-83-70(75)53-45-37-30-28-33-41-49-63(5)6)89-72(77)55-47-39-31-29-35-43-51-65(8)10-2/h62-68,73H,9-61H2,1-8H3,(H,78,79)(H,80,81)/t64?,65?,66?,67-,68-/m1/s1. The molecule has 0 aliphatic carbocycles. The van der Waals surface area contributed by atoms with E-state index in [0.29, 0.717) is 37.5 Å². The molecular weight excluding hydrogens is 1200 g/mol. The summed E-state index contributed by atoms with van der Waals surface area (Å²) in [6.45, 7) is 14.0. The molecule has 0 aromatic rings. The molecule has 0 spiro atoms. The number of aliphatic hydroxyl groups is 1. The molecule has 0 radical (unpaired) electrons. The molecule has 0 amide bonds. The van der Waals surface area contributed by atoms with Crippen LogP contribution in [0.25, 0.3) is 0 Å². The molecule has 540 valence electrons. The topological polar surface area (TPSA) is 237 Å². The Balaban J connectivity index is 5.14. The first-order chi connectivity index (χ1) is 43.7. The van der Waals surface area contributed by atoms with E-state index in [4.69, 9.17) is 37.0 Å². The van der Waals surface area contributed by atoms with Gasteiger partial charge in [-0.25, -0.2) is 9.13 Å². The van der Waals surface area contributed by atoms with E-state index in [1.165, 1.54) is 148 Å². The minimum atomic E-state index is -4.95. The number of rotatable bonds is 69. The zero-order valence-corrected chi connectivity index (χ0v) is 61.3. The average Bonchev–Trinajstić information content (AvgIpc) is 3.69. The van der Waals surface area contributed by atoms with Gasteiger partial charge in [-0.2, -0.15) is 0 Å². The Bertz CT molecular complexity index is 1800. The SMILES string of the molecule is CCC(C)CCCCCCCCCCCCCCCCCCCCC(=O)O[C@H](COC(=O)CCCCCCCCCC(C)C)COP(=O)(O)OCC(O)COP(=O)(O)OC[C@@H](COC(=O)CCCCCCCCC(C)C)OC(=O)CCCCCCCCC(C)CC. The summed E-state index contributed by atoms with van der Waals surface area (Å²) in [5, 5.41) is 10.6. The summed E-state index contributed by atoms with van der Waals surface area (Å²) in [4.78, 5) is 72.5. The maximum Gasteiger partial charge on any atom is 0.472 e. The van der Waals surface area contributed by atoms with Gasteiger partial charge >= 0.3 is 39.5 Å². The fourth-order valence-corrected chi connectivity index (χ4v) is 12.4. The van der Waals surface area contributed by atoms with Crippen LogP contribution in [-0.4, -0.2) is 96.7 Å². The first kappa shape index (κ1) is 89.1. The van der Waals surface area contributed by atoms with Gasteiger partial charge < -0.3 is 33.8 Å². The van der Waals surface area contributed by atoms with Gasteiger partial charge in [0.25, 0.3) is 0 Å². The van der Waals surface area contributed by atoms with Crippen LogP contribution >= 0.6 is 15.6 Å². The largest absolute Gasteiger partial charge is 0.472 e. The van der Waals surface area contributed by atoms with E-state index in [1.54, 1.807) is 0 Å². The predicted molar refractivity (Wildman–Crippen MR) is 367 cm³/mol. The summed E-state index contributed by atoms with van der Waals surface area (Å²) in [6, 6.07) is 0. The zero-order chi connectivity index (χ0) is 67.5. The normalized spacial score (nSPS) is 14.8. The maximum atomic E-state index is 13.0. The van der Waals surface area contributed by atoms with Crippen molar-refractivity contribution in [2.75, 3.05) is 39.6 Å². The van der Waals surface area contributed by atoms with Crippen LogP contribution in [0.4, 0.5) is 0 Å². The van der Waals surface area contributed by atoms with Gasteiger partial charge in [0.2, 0.25) is 0 Å². The van der Waals surface area contributed by atoms with Crippen LogP contribution in [0.15, 0.2) is 0 Å². The molecule has 0 saturated heterocycles. The first-order valence-electron chi connectivity index (χ1n) is 37.3. The van der Waals surface area contributed by atoms with Crippen molar-refractivity contribution in [3.8, 4) is 0 Å². The molecule has 0 aromatic carbocycles. The summed E-state index contributed by atoms with van der Waals surface area (Å²) in [6.07, 6.45) is 44.9. The van der Waals surface area contributed by atoms with Gasteiger partial charge in [-0.05, 0) is 49.4 Å². The summed E-state index contributed by atoms with van der Waals surface area (Å²) >= 11 is 0. The Morgan fingerprint density at radius 1 is 0.308 bits per heavy atom. The number of hydrogen-bond acceptors (Lipinski definition) is 15. The Morgan fingerprint density at radius 2 is 0.527 bits per heavy atom. The number of carbonyl (C=O) groups excluding carboxylic acids is 4. The van der Waals surface area contributed by atoms with E-state index in [0.717, 1.165) is 115 Å². The molecule has 3 N–H and O–H groups in total. The number of hydrogen-bond donors (Lipinski definition) is 3. The Kier molecular flexibility index (Phi) is 60.3. The molecule has 0 aromatic heterocycles. The van der Waals surface area contributed by atoms with Crippen molar-refractivity contribution < 1.29 is 80.2 Å². The average molecular weight is 1340 g/mol. The first-order valence-corrected chi connectivity index (χ1v) is 40.3. The lowest BCUT2D eigenvalue weighted by Gasteiger charge is -2.21. The van der Waals surface area contributed by atoms with E-state index in [9.17, 15) is 43.2 Å². The van der Waals surface area contributed by atoms with Crippen molar-refractivity contribution in [1.29, 1.82) is 0 Å². The van der Waals surface area contributed by atoms with Gasteiger partial charge in [-0.15, -0.1) is 0 Å². The van der Waals surface area contributed by atoms with Crippen molar-refractivity contribution in [1.82, 2.24) is 0 Å². The number of esters is 4. The Morgan fingerprint density at radius 3 is 0.780 bits per heavy atom. The van der Waals surface area contributed by atoms with Crippen molar-refractivity contribution in [3.63, 3.8) is 0 Å². The minimum Gasteiger partial charge on any atom is -0.462 e. The highest BCUT2D eigenvalue weighted by Crippen LogP contribution is 2.45. The van der Waals surface area contributed by atoms with Crippen LogP contribution in [0, 0.1) is 23.7 Å². The van der Waals surface area contributed by atoms with Gasteiger partial charge in [0.05, 0.1) is 26.4 Å². The second kappa shape index (κ2) is 61.6. The molecular formula is C72H140O17P2. The number of ether oxygens (including phenoxy) is 4. The molecule has 0 saturated carbocycles. The second-order valence-electron chi connectivity index (χ2n) is 27.4. The quantitative estimate of drug-likeness (QED) is 0.0222. The molecule has 0 fully saturated rings. The van der Waals surface area contributed by atoms with E-state index in [2.05, 4.69) is 55.4 Å². The third-order valence-corrected chi connectivity index (χ3v) is 19.2. The molecule has 0 aliphatic heterocycles. The third kappa shape index (κ3) is 63.9. The van der Waals surface area contributed by atoms with Gasteiger partial charge in [-0.1, -0.05) is 306 Å². The summed E-state index contributed by atoms with van der Waals surface area (Å²) in [5.74, 6) is 0.842. The highest BCUT2D eigenvalue weighted by atomic mass is 31.2. The minimum absolute atomic E-state index is 0.101. The van der Waals surface area contributed by atoms with E-state index in [-0.39, 0.29) is 25.7 Å². The van der Waals surface area contributed by atoms with Crippen LogP contribution in [0.5, 0.6) is 0 Å². The van der Waals surface area contributed by atoms with Gasteiger partial charge in [-0.3, -0.25) is 37.3 Å². The Labute approximate surface area is 556 Å². The van der Waals surface area contributed by atoms with Gasteiger partial charge in [0.1, 0.15) is 19.3 Å². The van der Waals surface area contributed by atoms with E-state index < -0.39 is 97.5 Å². The lowest BCUT2D eigenvalue weighted by molar-refractivity contribution is -0.161. The van der Waals surface area contributed by atoms with Gasteiger partial charge in [0, 0.05) is 25.7 Å². The summed E-state index contributed by atoms with van der Waals surface area (Å²) in [7, 11) is -9.90. The number of phosphoric acid groups is 2. The summed E-state index contributed by atoms with van der Waals surface area (Å²) < 4.78 is 68.2. The highest BCUT2D eigenvalue weighted by molar-refractivity contribution is 7.47. The maximum absolute atomic E-state index is 13.0. The molecule has 19 heteroatoms. The van der Waals surface area contributed by atoms with Crippen LogP contribution in [0.3, 0.4) is 0 Å². The molecule has 0 bridgehead atoms. The molecule has 0 heterocycles. The van der Waals surface area contributed by atoms with Crippen LogP contribution < -0.4 is 0 Å². The molecule has 5 unspecified atom stereocenters. The van der Waals surface area contributed by atoms with Crippen molar-refractivity contribution in [2.24, 2.45) is 23.7 Å². The Hall–Kier alpha value is -1.94. The van der Waals surface area contributed by atoms with Crippen molar-refractivity contribution >= 4 is 39.5 Å². The molecule has 17 nitrogen and oxygen atoms in total. The van der Waals surface area contributed by atoms with Crippen molar-refractivity contribution in [3.05, 3.63) is 0 Å². The fourth-order valence-electron chi connectivity index (χ4n) is 10.8. The fraction of sp³-hybridized carbons (Fsp3) is 0.944. The van der Waals surface area contributed by atoms with E-state index >= 15 is 0 Å². The monoisotopic (exact) mass is 1340 g/mol. The van der Waals surface area contributed by atoms with Gasteiger partial charge in [0.15, 0.2) is 12.2 Å². The second-order valence-corrected chi connectivity index (χ2v) is 30.3. The molecule has 7 atom stereocenters. The number of carbonyl (C=O) groups is 4. The van der Waals surface area contributed by atoms with E-state index in [1.807, 2.05) is 0 Å². The summed E-state index contributed by atoms with van der Waals surface area (Å²) in [5.41, 5.74) is 0. The predicted octanol–water partition coefficient (Wildman–Crippen LogP) is 20.5. The van der Waals surface area contributed by atoms with Crippen LogP contribution in [0.1, 0.15) is 357 Å². The smallest absolute Gasteiger partial charge is 0.462 e.